The van der Waals surface area contributed by atoms with Gasteiger partial charge in [0.25, 0.3) is 0 Å². The number of esters is 2. The number of benzene rings is 1. The summed E-state index contributed by atoms with van der Waals surface area (Å²) >= 11 is 1.26. The van der Waals surface area contributed by atoms with Gasteiger partial charge in [0, 0.05) is 6.54 Å². The Morgan fingerprint density at radius 2 is 2.16 bits per heavy atom. The third kappa shape index (κ3) is 4.99. The molecule has 0 spiro atoms. The van der Waals surface area contributed by atoms with Crippen LogP contribution in [0.4, 0.5) is 0 Å². The number of aryl methyl sites for hydroxylation is 1. The van der Waals surface area contributed by atoms with E-state index in [2.05, 4.69) is 4.74 Å². The second-order valence-corrected chi connectivity index (χ2v) is 6.35. The van der Waals surface area contributed by atoms with Crippen molar-refractivity contribution in [1.82, 2.24) is 4.90 Å². The van der Waals surface area contributed by atoms with Gasteiger partial charge in [0.1, 0.15) is 11.3 Å². The molecule has 1 heterocycles. The maximum atomic E-state index is 11.9. The molecule has 0 aliphatic carbocycles. The third-order valence-corrected chi connectivity index (χ3v) is 4.51. The van der Waals surface area contributed by atoms with E-state index in [0.29, 0.717) is 18.0 Å². The fourth-order valence-electron chi connectivity index (χ4n) is 2.21. The number of phenols is 1. The number of aromatic hydroxyl groups is 1. The highest BCUT2D eigenvalue weighted by Crippen LogP contribution is 2.28. The molecule has 2 rings (SSSR count). The van der Waals surface area contributed by atoms with E-state index in [1.165, 1.54) is 42.0 Å². The number of thioether (sulfide) groups is 1. The number of carbonyl (C=O) groups excluding carboxylic acids is 3. The molecule has 7 nitrogen and oxygen atoms in total. The van der Waals surface area contributed by atoms with E-state index in [0.717, 1.165) is 5.56 Å². The molecule has 0 unspecified atom stereocenters. The first kappa shape index (κ1) is 18.9. The molecule has 1 aromatic rings. The zero-order chi connectivity index (χ0) is 18.4. The van der Waals surface area contributed by atoms with Crippen LogP contribution < -0.4 is 0 Å². The van der Waals surface area contributed by atoms with Gasteiger partial charge < -0.3 is 19.5 Å². The molecule has 0 aromatic heterocycles. The number of ether oxygens (including phenoxy) is 2. The molecular formula is C17H19NO6S. The van der Waals surface area contributed by atoms with Crippen LogP contribution in [-0.2, 0) is 19.1 Å². The molecule has 0 saturated carbocycles. The van der Waals surface area contributed by atoms with Gasteiger partial charge in [0.15, 0.2) is 0 Å². The van der Waals surface area contributed by atoms with Crippen LogP contribution in [0.5, 0.6) is 5.75 Å². The van der Waals surface area contributed by atoms with Crippen LogP contribution in [0, 0.1) is 6.92 Å². The first-order chi connectivity index (χ1) is 11.9. The summed E-state index contributed by atoms with van der Waals surface area (Å²) in [5.74, 6) is -1.12. The van der Waals surface area contributed by atoms with Crippen molar-refractivity contribution in [1.29, 1.82) is 0 Å². The topological polar surface area (TPSA) is 93.1 Å². The van der Waals surface area contributed by atoms with Crippen LogP contribution >= 0.6 is 11.8 Å². The van der Waals surface area contributed by atoms with Crippen LogP contribution in [0.25, 0.3) is 0 Å². The summed E-state index contributed by atoms with van der Waals surface area (Å²) in [7, 11) is 1.27. The molecule has 0 bridgehead atoms. The van der Waals surface area contributed by atoms with E-state index in [1.807, 2.05) is 0 Å². The van der Waals surface area contributed by atoms with Crippen molar-refractivity contribution < 1.29 is 29.0 Å². The summed E-state index contributed by atoms with van der Waals surface area (Å²) < 4.78 is 9.69. The minimum absolute atomic E-state index is 0.0894. The monoisotopic (exact) mass is 365 g/mol. The zero-order valence-electron chi connectivity index (χ0n) is 14.0. The Kier molecular flexibility index (Phi) is 6.46. The van der Waals surface area contributed by atoms with Gasteiger partial charge in [-0.1, -0.05) is 17.8 Å². The lowest BCUT2D eigenvalue weighted by Gasteiger charge is -2.16. The summed E-state index contributed by atoms with van der Waals surface area (Å²) in [5.41, 5.74) is 0.939. The van der Waals surface area contributed by atoms with Crippen molar-refractivity contribution in [3.8, 4) is 5.75 Å². The van der Waals surface area contributed by atoms with Crippen LogP contribution in [0.15, 0.2) is 29.3 Å². The molecule has 1 aliphatic heterocycles. The fraction of sp³-hybridized carbons (Fsp3) is 0.353. The van der Waals surface area contributed by atoms with Crippen LogP contribution in [0.1, 0.15) is 22.3 Å². The molecule has 0 atom stereocenters. The van der Waals surface area contributed by atoms with E-state index in [4.69, 9.17) is 4.74 Å². The van der Waals surface area contributed by atoms with Crippen molar-refractivity contribution in [2.45, 2.75) is 13.3 Å². The van der Waals surface area contributed by atoms with Gasteiger partial charge in [-0.2, -0.15) is 0 Å². The Balaban J connectivity index is 1.85. The molecule has 1 fully saturated rings. The Morgan fingerprint density at radius 1 is 1.40 bits per heavy atom. The number of nitrogens with zero attached hydrogens (tertiary/aromatic N) is 1. The molecule has 1 saturated heterocycles. The second kappa shape index (κ2) is 8.57. The van der Waals surface area contributed by atoms with E-state index in [1.54, 1.807) is 13.0 Å². The maximum Gasteiger partial charge on any atom is 0.341 e. The average Bonchev–Trinajstić information content (AvgIpc) is 2.91. The Morgan fingerprint density at radius 3 is 2.84 bits per heavy atom. The molecule has 8 heteroatoms. The molecule has 1 aliphatic rings. The summed E-state index contributed by atoms with van der Waals surface area (Å²) in [6.07, 6.45) is 1.68. The summed E-state index contributed by atoms with van der Waals surface area (Å²) in [6, 6.07) is 4.70. The Hall–Kier alpha value is -2.48. The molecule has 1 N–H and O–H groups in total. The highest BCUT2D eigenvalue weighted by atomic mass is 32.2. The van der Waals surface area contributed by atoms with Gasteiger partial charge >= 0.3 is 11.9 Å². The predicted octanol–water partition coefficient (Wildman–Crippen LogP) is 1.84. The number of hydrogen-bond donors (Lipinski definition) is 1. The van der Waals surface area contributed by atoms with Gasteiger partial charge in [0.2, 0.25) is 5.91 Å². The zero-order valence-corrected chi connectivity index (χ0v) is 14.8. The molecule has 0 radical (unpaired) electrons. The van der Waals surface area contributed by atoms with Gasteiger partial charge in [-0.3, -0.25) is 4.79 Å². The lowest BCUT2D eigenvalue weighted by atomic mass is 10.1. The summed E-state index contributed by atoms with van der Waals surface area (Å²) in [5, 5.41) is 10.3. The van der Waals surface area contributed by atoms with Crippen molar-refractivity contribution >= 4 is 29.6 Å². The average molecular weight is 365 g/mol. The lowest BCUT2D eigenvalue weighted by Crippen LogP contribution is -2.27. The number of amides is 1. The van der Waals surface area contributed by atoms with Crippen molar-refractivity contribution in [2.75, 3.05) is 26.0 Å². The van der Waals surface area contributed by atoms with Crippen LogP contribution in [-0.4, -0.2) is 53.9 Å². The normalized spacial score (nSPS) is 15.5. The first-order valence-electron chi connectivity index (χ1n) is 7.62. The largest absolute Gasteiger partial charge is 0.507 e. The third-order valence-electron chi connectivity index (χ3n) is 3.49. The van der Waals surface area contributed by atoms with Crippen molar-refractivity contribution in [2.24, 2.45) is 0 Å². The quantitative estimate of drug-likeness (QED) is 0.467. The summed E-state index contributed by atoms with van der Waals surface area (Å²) in [6.45, 7) is 2.22. The Bertz CT molecular complexity index is 715. The molecule has 134 valence electrons. The highest BCUT2D eigenvalue weighted by Gasteiger charge is 2.27. The molecule has 1 aromatic carbocycles. The van der Waals surface area contributed by atoms with Crippen LogP contribution in [0.3, 0.4) is 0 Å². The summed E-state index contributed by atoms with van der Waals surface area (Å²) in [4.78, 5) is 36.6. The minimum Gasteiger partial charge on any atom is -0.507 e. The minimum atomic E-state index is -0.620. The van der Waals surface area contributed by atoms with Crippen molar-refractivity contribution in [3.05, 3.63) is 40.4 Å². The van der Waals surface area contributed by atoms with Crippen molar-refractivity contribution in [3.63, 3.8) is 0 Å². The SMILES string of the molecule is COC(=O)C=C1SCC(=O)N1CCCOC(=O)c1ccc(C)cc1O. The molecular weight excluding hydrogens is 346 g/mol. The number of phenolic OH excluding ortho intramolecular Hbond substituents is 1. The fourth-order valence-corrected chi connectivity index (χ4v) is 3.16. The second-order valence-electron chi connectivity index (χ2n) is 5.35. The van der Waals surface area contributed by atoms with Gasteiger partial charge in [-0.15, -0.1) is 0 Å². The number of carbonyl (C=O) groups is 3. The lowest BCUT2D eigenvalue weighted by molar-refractivity contribution is -0.134. The number of hydrogen-bond acceptors (Lipinski definition) is 7. The number of rotatable bonds is 6. The maximum absolute atomic E-state index is 11.9. The van der Waals surface area contributed by atoms with E-state index in [9.17, 15) is 19.5 Å². The van der Waals surface area contributed by atoms with Gasteiger partial charge in [-0.25, -0.2) is 9.59 Å². The van der Waals surface area contributed by atoms with E-state index in [-0.39, 0.29) is 29.6 Å². The van der Waals surface area contributed by atoms with E-state index < -0.39 is 11.9 Å². The van der Waals surface area contributed by atoms with Crippen LogP contribution in [0.2, 0.25) is 0 Å². The first-order valence-corrected chi connectivity index (χ1v) is 8.60. The molecule has 1 amide bonds. The predicted molar refractivity (Wildman–Crippen MR) is 92.0 cm³/mol. The van der Waals surface area contributed by atoms with E-state index >= 15 is 0 Å². The molecule has 25 heavy (non-hydrogen) atoms. The standard InChI is InChI=1S/C17H19NO6S/c1-11-4-5-12(13(19)8-11)17(22)24-7-3-6-18-14(20)10-25-15(18)9-16(21)23-2/h4-5,8-9,19H,3,6-7,10H2,1-2H3. The number of methoxy groups -OCH3 is 1. The van der Waals surface area contributed by atoms with Gasteiger partial charge in [0.05, 0.1) is 30.6 Å². The smallest absolute Gasteiger partial charge is 0.341 e. The Labute approximate surface area is 149 Å². The highest BCUT2D eigenvalue weighted by molar-refractivity contribution is 8.04. The van der Waals surface area contributed by atoms with Gasteiger partial charge in [-0.05, 0) is 31.0 Å².